The van der Waals surface area contributed by atoms with E-state index in [0.717, 1.165) is 6.54 Å². The van der Waals surface area contributed by atoms with Crippen LogP contribution >= 0.6 is 0 Å². The van der Waals surface area contributed by atoms with E-state index in [1.54, 1.807) is 11.0 Å². The van der Waals surface area contributed by atoms with Crippen molar-refractivity contribution in [1.82, 2.24) is 4.98 Å². The molecule has 0 radical (unpaired) electrons. The molecule has 0 aliphatic rings. The third kappa shape index (κ3) is 1.93. The summed E-state index contributed by atoms with van der Waals surface area (Å²) in [5.74, 6) is -0.539. The Hall–Kier alpha value is -1.78. The second-order valence-corrected chi connectivity index (χ2v) is 2.93. The Labute approximate surface area is 82.2 Å². The molecule has 0 fully saturated rings. The number of aromatic carboxylic acids is 1. The summed E-state index contributed by atoms with van der Waals surface area (Å²) >= 11 is 0. The van der Waals surface area contributed by atoms with Crippen molar-refractivity contribution in [2.45, 2.75) is 6.92 Å². The Kier molecular flexibility index (Phi) is 2.91. The van der Waals surface area contributed by atoms with Gasteiger partial charge in [-0.1, -0.05) is 0 Å². The minimum atomic E-state index is -1.05. The number of anilines is 2. The third-order valence-corrected chi connectivity index (χ3v) is 1.96. The number of pyridine rings is 1. The predicted octanol–water partition coefficient (Wildman–Crippen LogP) is 0.818. The molecule has 0 spiro atoms. The lowest BCUT2D eigenvalue weighted by Gasteiger charge is -2.17. The molecule has 0 unspecified atom stereocenters. The second kappa shape index (κ2) is 3.95. The van der Waals surface area contributed by atoms with Crippen LogP contribution in [0.1, 0.15) is 17.4 Å². The summed E-state index contributed by atoms with van der Waals surface area (Å²) in [5.41, 5.74) is 6.16. The summed E-state index contributed by atoms with van der Waals surface area (Å²) in [4.78, 5) is 16.4. The van der Waals surface area contributed by atoms with Crippen molar-refractivity contribution in [3.8, 4) is 0 Å². The number of hydrogen-bond donors (Lipinski definition) is 2. The second-order valence-electron chi connectivity index (χ2n) is 2.93. The number of hydrogen-bond acceptors (Lipinski definition) is 4. The number of nitrogens with zero attached hydrogens (tertiary/aromatic N) is 2. The number of carboxylic acid groups (broad SMARTS) is 1. The minimum absolute atomic E-state index is 0.00880. The van der Waals surface area contributed by atoms with Gasteiger partial charge in [-0.3, -0.25) is 0 Å². The highest BCUT2D eigenvalue weighted by Crippen LogP contribution is 2.19. The van der Waals surface area contributed by atoms with Gasteiger partial charge in [0.25, 0.3) is 0 Å². The highest BCUT2D eigenvalue weighted by molar-refractivity contribution is 5.86. The molecule has 1 aromatic heterocycles. The standard InChI is InChI=1S/C9H13N3O2/c1-3-12(2)8-6(10)4-5-7(11-8)9(13)14/h4-5H,3,10H2,1-2H3,(H,13,14). The Morgan fingerprint density at radius 1 is 1.64 bits per heavy atom. The first kappa shape index (κ1) is 10.3. The van der Waals surface area contributed by atoms with Crippen LogP contribution < -0.4 is 10.6 Å². The van der Waals surface area contributed by atoms with Crippen LogP contribution in [0.4, 0.5) is 11.5 Å². The van der Waals surface area contributed by atoms with Gasteiger partial charge in [-0.15, -0.1) is 0 Å². The van der Waals surface area contributed by atoms with E-state index >= 15 is 0 Å². The zero-order chi connectivity index (χ0) is 10.7. The van der Waals surface area contributed by atoms with Gasteiger partial charge in [0.2, 0.25) is 0 Å². The molecule has 0 saturated heterocycles. The lowest BCUT2D eigenvalue weighted by molar-refractivity contribution is 0.0690. The van der Waals surface area contributed by atoms with Gasteiger partial charge in [-0.25, -0.2) is 9.78 Å². The monoisotopic (exact) mass is 195 g/mol. The highest BCUT2D eigenvalue weighted by atomic mass is 16.4. The molecule has 0 aliphatic carbocycles. The fourth-order valence-electron chi connectivity index (χ4n) is 1.03. The molecule has 76 valence electrons. The Balaban J connectivity index is 3.14. The van der Waals surface area contributed by atoms with E-state index in [-0.39, 0.29) is 5.69 Å². The first-order valence-electron chi connectivity index (χ1n) is 4.27. The van der Waals surface area contributed by atoms with Crippen LogP contribution in [0.3, 0.4) is 0 Å². The number of aromatic nitrogens is 1. The Morgan fingerprint density at radius 2 is 2.29 bits per heavy atom. The van der Waals surface area contributed by atoms with Crippen LogP contribution in [0, 0.1) is 0 Å². The molecule has 1 rings (SSSR count). The number of rotatable bonds is 3. The van der Waals surface area contributed by atoms with E-state index in [9.17, 15) is 4.79 Å². The van der Waals surface area contributed by atoms with Gasteiger partial charge in [-0.2, -0.15) is 0 Å². The van der Waals surface area contributed by atoms with Gasteiger partial charge in [0.15, 0.2) is 11.5 Å². The average molecular weight is 195 g/mol. The van der Waals surface area contributed by atoms with Gasteiger partial charge in [0, 0.05) is 13.6 Å². The number of carbonyl (C=O) groups is 1. The minimum Gasteiger partial charge on any atom is -0.477 e. The Bertz CT molecular complexity index is 352. The molecule has 0 atom stereocenters. The number of nitrogen functional groups attached to an aromatic ring is 1. The fraction of sp³-hybridized carbons (Fsp3) is 0.333. The molecule has 5 nitrogen and oxygen atoms in total. The molecular weight excluding hydrogens is 182 g/mol. The summed E-state index contributed by atoms with van der Waals surface area (Å²) in [7, 11) is 1.81. The van der Waals surface area contributed by atoms with Crippen LogP contribution in [0.2, 0.25) is 0 Å². The summed E-state index contributed by atoms with van der Waals surface area (Å²) in [6.07, 6.45) is 0. The first-order valence-corrected chi connectivity index (χ1v) is 4.27. The van der Waals surface area contributed by atoms with Crippen molar-refractivity contribution >= 4 is 17.5 Å². The molecule has 1 aromatic rings. The van der Waals surface area contributed by atoms with Gasteiger partial charge in [0.05, 0.1) is 5.69 Å². The van der Waals surface area contributed by atoms with E-state index in [0.29, 0.717) is 11.5 Å². The lowest BCUT2D eigenvalue weighted by atomic mass is 10.3. The van der Waals surface area contributed by atoms with Crippen molar-refractivity contribution in [2.75, 3.05) is 24.2 Å². The molecule has 5 heteroatoms. The number of nitrogens with two attached hydrogens (primary N) is 1. The largest absolute Gasteiger partial charge is 0.477 e. The van der Waals surface area contributed by atoms with Crippen LogP contribution in [-0.2, 0) is 0 Å². The van der Waals surface area contributed by atoms with Crippen LogP contribution in [0.25, 0.3) is 0 Å². The predicted molar refractivity (Wildman–Crippen MR) is 54.6 cm³/mol. The fourth-order valence-corrected chi connectivity index (χ4v) is 1.03. The topological polar surface area (TPSA) is 79.5 Å². The van der Waals surface area contributed by atoms with Gasteiger partial charge < -0.3 is 15.7 Å². The lowest BCUT2D eigenvalue weighted by Crippen LogP contribution is -2.20. The van der Waals surface area contributed by atoms with Crippen LogP contribution in [-0.4, -0.2) is 29.7 Å². The summed E-state index contributed by atoms with van der Waals surface area (Å²) in [5, 5.41) is 8.73. The van der Waals surface area contributed by atoms with Gasteiger partial charge >= 0.3 is 5.97 Å². The molecule has 0 aromatic carbocycles. The third-order valence-electron chi connectivity index (χ3n) is 1.96. The quantitative estimate of drug-likeness (QED) is 0.746. The van der Waals surface area contributed by atoms with Gasteiger partial charge in [-0.05, 0) is 19.1 Å². The molecule has 0 aliphatic heterocycles. The summed E-state index contributed by atoms with van der Waals surface area (Å²) in [6.45, 7) is 2.66. The van der Waals surface area contributed by atoms with E-state index in [1.807, 2.05) is 14.0 Å². The summed E-state index contributed by atoms with van der Waals surface area (Å²) in [6, 6.07) is 2.95. The smallest absolute Gasteiger partial charge is 0.354 e. The Morgan fingerprint density at radius 3 is 2.79 bits per heavy atom. The van der Waals surface area contributed by atoms with Crippen LogP contribution in [0.5, 0.6) is 0 Å². The molecular formula is C9H13N3O2. The zero-order valence-electron chi connectivity index (χ0n) is 8.19. The molecule has 1 heterocycles. The first-order chi connectivity index (χ1) is 6.56. The van der Waals surface area contributed by atoms with Crippen molar-refractivity contribution in [1.29, 1.82) is 0 Å². The molecule has 0 amide bonds. The van der Waals surface area contributed by atoms with Gasteiger partial charge in [0.1, 0.15) is 0 Å². The molecule has 3 N–H and O–H groups in total. The number of carboxylic acids is 1. The molecule has 0 bridgehead atoms. The van der Waals surface area contributed by atoms with E-state index in [1.165, 1.54) is 6.07 Å². The average Bonchev–Trinajstić information content (AvgIpc) is 2.17. The van der Waals surface area contributed by atoms with Crippen molar-refractivity contribution in [2.24, 2.45) is 0 Å². The zero-order valence-corrected chi connectivity index (χ0v) is 8.19. The highest BCUT2D eigenvalue weighted by Gasteiger charge is 2.10. The van der Waals surface area contributed by atoms with Crippen molar-refractivity contribution < 1.29 is 9.90 Å². The van der Waals surface area contributed by atoms with Crippen molar-refractivity contribution in [3.63, 3.8) is 0 Å². The van der Waals surface area contributed by atoms with E-state index in [4.69, 9.17) is 10.8 Å². The molecule has 0 saturated carbocycles. The maximum atomic E-state index is 10.7. The van der Waals surface area contributed by atoms with Crippen LogP contribution in [0.15, 0.2) is 12.1 Å². The SMILES string of the molecule is CCN(C)c1nc(C(=O)O)ccc1N. The van der Waals surface area contributed by atoms with Crippen molar-refractivity contribution in [3.05, 3.63) is 17.8 Å². The summed E-state index contributed by atoms with van der Waals surface area (Å²) < 4.78 is 0. The normalized spacial score (nSPS) is 9.86. The molecule has 14 heavy (non-hydrogen) atoms. The van der Waals surface area contributed by atoms with E-state index in [2.05, 4.69) is 4.98 Å². The maximum Gasteiger partial charge on any atom is 0.354 e. The van der Waals surface area contributed by atoms with E-state index < -0.39 is 5.97 Å². The maximum absolute atomic E-state index is 10.7.